The summed E-state index contributed by atoms with van der Waals surface area (Å²) in [5.74, 6) is -1.22. The standard InChI is InChI=1S/C12H8ClF2NS/c13-7-1-3-10(16)12(5-7)17-11-4-2-8(14)6-9(11)15/h1-6H,16H2. The molecule has 2 N–H and O–H groups in total. The molecule has 17 heavy (non-hydrogen) atoms. The highest BCUT2D eigenvalue weighted by Crippen LogP contribution is 2.35. The van der Waals surface area contributed by atoms with Crippen LogP contribution in [0.1, 0.15) is 0 Å². The van der Waals surface area contributed by atoms with E-state index in [1.54, 1.807) is 18.2 Å². The van der Waals surface area contributed by atoms with Crippen LogP contribution in [0, 0.1) is 11.6 Å². The van der Waals surface area contributed by atoms with E-state index < -0.39 is 11.6 Å². The third kappa shape index (κ3) is 2.90. The topological polar surface area (TPSA) is 26.0 Å². The maximum absolute atomic E-state index is 13.4. The van der Waals surface area contributed by atoms with Crippen LogP contribution in [0.25, 0.3) is 0 Å². The van der Waals surface area contributed by atoms with E-state index in [0.717, 1.165) is 17.8 Å². The van der Waals surface area contributed by atoms with Crippen molar-refractivity contribution in [3.8, 4) is 0 Å². The zero-order valence-corrected chi connectivity index (χ0v) is 10.2. The summed E-state index contributed by atoms with van der Waals surface area (Å²) >= 11 is 6.94. The van der Waals surface area contributed by atoms with E-state index in [1.807, 2.05) is 0 Å². The molecule has 0 aliphatic rings. The second-order valence-electron chi connectivity index (χ2n) is 3.36. The number of halogens is 3. The Balaban J connectivity index is 2.34. The summed E-state index contributed by atoms with van der Waals surface area (Å²) in [6.07, 6.45) is 0. The molecule has 0 spiro atoms. The van der Waals surface area contributed by atoms with Crippen LogP contribution < -0.4 is 5.73 Å². The number of rotatable bonds is 2. The van der Waals surface area contributed by atoms with Gasteiger partial charge in [0.15, 0.2) is 0 Å². The molecular formula is C12H8ClF2NS. The molecule has 1 nitrogen and oxygen atoms in total. The quantitative estimate of drug-likeness (QED) is 0.822. The van der Waals surface area contributed by atoms with Crippen LogP contribution in [0.15, 0.2) is 46.2 Å². The van der Waals surface area contributed by atoms with Crippen LogP contribution in [-0.4, -0.2) is 0 Å². The SMILES string of the molecule is Nc1ccc(Cl)cc1Sc1ccc(F)cc1F. The van der Waals surface area contributed by atoms with Crippen LogP contribution in [0.2, 0.25) is 5.02 Å². The zero-order valence-electron chi connectivity index (χ0n) is 8.58. The highest BCUT2D eigenvalue weighted by molar-refractivity contribution is 7.99. The first kappa shape index (κ1) is 12.2. The van der Waals surface area contributed by atoms with Crippen molar-refractivity contribution in [2.45, 2.75) is 9.79 Å². The molecular weight excluding hydrogens is 264 g/mol. The average molecular weight is 272 g/mol. The smallest absolute Gasteiger partial charge is 0.140 e. The van der Waals surface area contributed by atoms with Crippen molar-refractivity contribution < 1.29 is 8.78 Å². The van der Waals surface area contributed by atoms with E-state index in [0.29, 0.717) is 20.5 Å². The first-order valence-electron chi connectivity index (χ1n) is 4.74. The summed E-state index contributed by atoms with van der Waals surface area (Å²) in [4.78, 5) is 0.948. The minimum Gasteiger partial charge on any atom is -0.398 e. The summed E-state index contributed by atoms with van der Waals surface area (Å²) < 4.78 is 26.2. The molecule has 88 valence electrons. The largest absolute Gasteiger partial charge is 0.398 e. The van der Waals surface area contributed by atoms with Gasteiger partial charge in [-0.2, -0.15) is 0 Å². The Hall–Kier alpha value is -1.26. The molecule has 0 fully saturated rings. The third-order valence-electron chi connectivity index (χ3n) is 2.09. The molecule has 2 aromatic rings. The van der Waals surface area contributed by atoms with Crippen LogP contribution in [0.3, 0.4) is 0 Å². The minimum absolute atomic E-state index is 0.306. The number of benzene rings is 2. The Kier molecular flexibility index (Phi) is 3.54. The van der Waals surface area contributed by atoms with Crippen molar-refractivity contribution in [3.63, 3.8) is 0 Å². The Bertz CT molecular complexity index is 560. The van der Waals surface area contributed by atoms with Gasteiger partial charge in [-0.15, -0.1) is 0 Å². The van der Waals surface area contributed by atoms with Gasteiger partial charge in [-0.3, -0.25) is 0 Å². The Morgan fingerprint density at radius 1 is 1.00 bits per heavy atom. The Morgan fingerprint density at radius 2 is 1.76 bits per heavy atom. The van der Waals surface area contributed by atoms with Crippen LogP contribution in [-0.2, 0) is 0 Å². The van der Waals surface area contributed by atoms with Gasteiger partial charge in [0.25, 0.3) is 0 Å². The van der Waals surface area contributed by atoms with Gasteiger partial charge in [0.05, 0.1) is 0 Å². The fourth-order valence-electron chi connectivity index (χ4n) is 1.27. The van der Waals surface area contributed by atoms with Gasteiger partial charge in [-0.05, 0) is 30.3 Å². The monoisotopic (exact) mass is 271 g/mol. The number of nitrogens with two attached hydrogens (primary N) is 1. The lowest BCUT2D eigenvalue weighted by Gasteiger charge is -2.06. The minimum atomic E-state index is -0.616. The van der Waals surface area contributed by atoms with Gasteiger partial charge in [-0.25, -0.2) is 8.78 Å². The molecule has 0 aliphatic carbocycles. The summed E-state index contributed by atoms with van der Waals surface area (Å²) in [5, 5.41) is 0.518. The molecule has 0 amide bonds. The lowest BCUT2D eigenvalue weighted by molar-refractivity contribution is 0.566. The fraction of sp³-hybridized carbons (Fsp3) is 0. The lowest BCUT2D eigenvalue weighted by Crippen LogP contribution is -1.89. The van der Waals surface area contributed by atoms with Crippen molar-refractivity contribution in [1.29, 1.82) is 0 Å². The fourth-order valence-corrected chi connectivity index (χ4v) is 2.41. The van der Waals surface area contributed by atoms with Crippen LogP contribution >= 0.6 is 23.4 Å². The average Bonchev–Trinajstić information content (AvgIpc) is 2.27. The maximum Gasteiger partial charge on any atom is 0.140 e. The van der Waals surface area contributed by atoms with Crippen molar-refractivity contribution in [1.82, 2.24) is 0 Å². The summed E-state index contributed by atoms with van der Waals surface area (Å²) in [7, 11) is 0. The molecule has 0 radical (unpaired) electrons. The summed E-state index contributed by atoms with van der Waals surface area (Å²) in [6, 6.07) is 8.35. The highest BCUT2D eigenvalue weighted by atomic mass is 35.5. The van der Waals surface area contributed by atoms with Crippen molar-refractivity contribution in [2.75, 3.05) is 5.73 Å². The number of hydrogen-bond acceptors (Lipinski definition) is 2. The van der Waals surface area contributed by atoms with E-state index in [4.69, 9.17) is 17.3 Å². The van der Waals surface area contributed by atoms with Gasteiger partial charge in [0.1, 0.15) is 11.6 Å². The predicted octanol–water partition coefficient (Wildman–Crippen LogP) is 4.35. The molecule has 0 aliphatic heterocycles. The Morgan fingerprint density at radius 3 is 2.47 bits per heavy atom. The van der Waals surface area contributed by atoms with Gasteiger partial charge in [-0.1, -0.05) is 23.4 Å². The summed E-state index contributed by atoms with van der Waals surface area (Å²) in [5.41, 5.74) is 6.24. The first-order chi connectivity index (χ1) is 8.06. The van der Waals surface area contributed by atoms with Crippen molar-refractivity contribution in [2.24, 2.45) is 0 Å². The van der Waals surface area contributed by atoms with Crippen molar-refractivity contribution in [3.05, 3.63) is 53.1 Å². The molecule has 0 unspecified atom stereocenters. The van der Waals surface area contributed by atoms with Gasteiger partial charge in [0, 0.05) is 26.6 Å². The van der Waals surface area contributed by atoms with E-state index in [-0.39, 0.29) is 0 Å². The van der Waals surface area contributed by atoms with Crippen molar-refractivity contribution >= 4 is 29.1 Å². The highest BCUT2D eigenvalue weighted by Gasteiger charge is 2.08. The molecule has 0 bridgehead atoms. The predicted molar refractivity (Wildman–Crippen MR) is 66.3 cm³/mol. The lowest BCUT2D eigenvalue weighted by atomic mass is 10.3. The number of nitrogen functional groups attached to an aromatic ring is 1. The molecule has 0 saturated heterocycles. The van der Waals surface area contributed by atoms with Gasteiger partial charge in [0.2, 0.25) is 0 Å². The molecule has 0 atom stereocenters. The van der Waals surface area contributed by atoms with E-state index in [1.165, 1.54) is 12.1 Å². The van der Waals surface area contributed by atoms with Crippen LogP contribution in [0.5, 0.6) is 0 Å². The molecule has 2 aromatic carbocycles. The van der Waals surface area contributed by atoms with Gasteiger partial charge < -0.3 is 5.73 Å². The van der Waals surface area contributed by atoms with E-state index in [2.05, 4.69) is 0 Å². The molecule has 5 heteroatoms. The number of hydrogen-bond donors (Lipinski definition) is 1. The molecule has 2 rings (SSSR count). The summed E-state index contributed by atoms with van der Waals surface area (Å²) in [6.45, 7) is 0. The molecule has 0 heterocycles. The first-order valence-corrected chi connectivity index (χ1v) is 5.93. The second kappa shape index (κ2) is 4.94. The second-order valence-corrected chi connectivity index (χ2v) is 4.88. The maximum atomic E-state index is 13.4. The van der Waals surface area contributed by atoms with Crippen LogP contribution in [0.4, 0.5) is 14.5 Å². The van der Waals surface area contributed by atoms with E-state index >= 15 is 0 Å². The Labute approximate surface area is 107 Å². The van der Waals surface area contributed by atoms with E-state index in [9.17, 15) is 8.78 Å². The zero-order chi connectivity index (χ0) is 12.4. The van der Waals surface area contributed by atoms with Gasteiger partial charge >= 0.3 is 0 Å². The molecule has 0 saturated carbocycles. The number of anilines is 1. The normalized spacial score (nSPS) is 10.5. The third-order valence-corrected chi connectivity index (χ3v) is 3.45. The molecule has 0 aromatic heterocycles.